The molecule has 28 heavy (non-hydrogen) atoms. The molecule has 0 saturated carbocycles. The number of nitrogens with one attached hydrogen (secondary N) is 1. The number of halogens is 5. The van der Waals surface area contributed by atoms with Crippen molar-refractivity contribution in [3.8, 4) is 0 Å². The predicted molar refractivity (Wildman–Crippen MR) is 88.4 cm³/mol. The minimum Gasteiger partial charge on any atom is -0.306 e. The van der Waals surface area contributed by atoms with Gasteiger partial charge in [-0.15, -0.1) is 0 Å². The first-order chi connectivity index (χ1) is 13.3. The highest BCUT2D eigenvalue weighted by atomic mass is 19.2. The van der Waals surface area contributed by atoms with E-state index in [-0.39, 0.29) is 5.82 Å². The lowest BCUT2D eigenvalue weighted by molar-refractivity contribution is -0.111. The molecule has 6 nitrogen and oxygen atoms in total. The van der Waals surface area contributed by atoms with Crippen molar-refractivity contribution in [1.82, 2.24) is 19.6 Å². The summed E-state index contributed by atoms with van der Waals surface area (Å²) in [5, 5.41) is 10.2. The Morgan fingerprint density at radius 2 is 1.75 bits per heavy atom. The van der Waals surface area contributed by atoms with Gasteiger partial charge < -0.3 is 5.32 Å². The summed E-state index contributed by atoms with van der Waals surface area (Å²) >= 11 is 0. The topological polar surface area (TPSA) is 64.7 Å². The molecule has 0 radical (unpaired) electrons. The predicted octanol–water partition coefficient (Wildman–Crippen LogP) is 3.01. The number of nitrogens with zero attached hydrogens (tertiary/aromatic N) is 4. The van der Waals surface area contributed by atoms with Crippen LogP contribution in [0.4, 0.5) is 27.8 Å². The minimum absolute atomic E-state index is 0.0321. The third kappa shape index (κ3) is 3.92. The molecule has 0 spiro atoms. The number of rotatable bonds is 5. The number of hydrogen-bond donors (Lipinski definition) is 1. The van der Waals surface area contributed by atoms with E-state index in [0.717, 1.165) is 4.68 Å². The molecule has 0 saturated heterocycles. The molecule has 0 fully saturated rings. The van der Waals surface area contributed by atoms with Crippen molar-refractivity contribution < 1.29 is 26.7 Å². The van der Waals surface area contributed by atoms with Crippen molar-refractivity contribution in [2.24, 2.45) is 7.05 Å². The lowest BCUT2D eigenvalue weighted by atomic mass is 10.1. The number of anilines is 1. The van der Waals surface area contributed by atoms with Crippen LogP contribution >= 0.6 is 0 Å². The van der Waals surface area contributed by atoms with Gasteiger partial charge in [0.05, 0.1) is 18.3 Å². The fraction of sp³-hybridized carbons (Fsp3) is 0.118. The van der Waals surface area contributed by atoms with Gasteiger partial charge in [0.25, 0.3) is 0 Å². The van der Waals surface area contributed by atoms with Gasteiger partial charge in [0.1, 0.15) is 0 Å². The second-order valence-corrected chi connectivity index (χ2v) is 5.72. The summed E-state index contributed by atoms with van der Waals surface area (Å²) in [6, 6.07) is 1.31. The summed E-state index contributed by atoms with van der Waals surface area (Å²) < 4.78 is 69.5. The van der Waals surface area contributed by atoms with Gasteiger partial charge in [-0.05, 0) is 6.08 Å². The van der Waals surface area contributed by atoms with Gasteiger partial charge in [-0.3, -0.25) is 14.2 Å². The second kappa shape index (κ2) is 7.62. The molecule has 3 rings (SSSR count). The van der Waals surface area contributed by atoms with Gasteiger partial charge in [0.2, 0.25) is 11.7 Å². The van der Waals surface area contributed by atoms with Crippen LogP contribution in [0.5, 0.6) is 0 Å². The molecule has 0 unspecified atom stereocenters. The molecule has 146 valence electrons. The second-order valence-electron chi connectivity index (χ2n) is 5.72. The van der Waals surface area contributed by atoms with Crippen LogP contribution in [-0.4, -0.2) is 25.5 Å². The fourth-order valence-electron chi connectivity index (χ4n) is 2.33. The normalized spacial score (nSPS) is 11.4. The maximum absolute atomic E-state index is 13.7. The average molecular weight is 397 g/mol. The molecule has 3 aromatic rings. The van der Waals surface area contributed by atoms with Gasteiger partial charge in [-0.2, -0.15) is 10.2 Å². The fourth-order valence-corrected chi connectivity index (χ4v) is 2.33. The molecule has 1 amide bonds. The number of benzene rings is 1. The third-order valence-electron chi connectivity index (χ3n) is 3.66. The van der Waals surface area contributed by atoms with Gasteiger partial charge in [-0.25, -0.2) is 22.0 Å². The zero-order chi connectivity index (χ0) is 20.4. The van der Waals surface area contributed by atoms with Crippen LogP contribution in [0.15, 0.2) is 30.7 Å². The molecule has 0 bridgehead atoms. The Kier molecular flexibility index (Phi) is 5.25. The number of amides is 1. The van der Waals surface area contributed by atoms with Crippen LogP contribution in [0.25, 0.3) is 6.08 Å². The quantitative estimate of drug-likeness (QED) is 0.312. The maximum Gasteiger partial charge on any atom is 0.249 e. The van der Waals surface area contributed by atoms with Gasteiger partial charge in [-0.1, -0.05) is 0 Å². The van der Waals surface area contributed by atoms with E-state index in [1.165, 1.54) is 24.4 Å². The van der Waals surface area contributed by atoms with Crippen molar-refractivity contribution in [2.75, 3.05) is 5.32 Å². The molecule has 2 aromatic heterocycles. The van der Waals surface area contributed by atoms with E-state index >= 15 is 0 Å². The summed E-state index contributed by atoms with van der Waals surface area (Å²) in [6.45, 7) is -0.715. The van der Waals surface area contributed by atoms with Crippen LogP contribution in [0.3, 0.4) is 0 Å². The molecule has 0 aliphatic carbocycles. The Balaban J connectivity index is 1.71. The van der Waals surface area contributed by atoms with E-state index in [0.29, 0.717) is 5.56 Å². The summed E-state index contributed by atoms with van der Waals surface area (Å²) in [5.74, 6) is -10.7. The van der Waals surface area contributed by atoms with Crippen LogP contribution in [0.2, 0.25) is 0 Å². The van der Waals surface area contributed by atoms with Crippen molar-refractivity contribution in [3.63, 3.8) is 0 Å². The standard InChI is InChI=1S/C17H12F5N5O/c1-26-7-9(6-23-26)2-3-12(28)24-11-4-5-27(25-11)8-10-13(18)15(20)17(22)16(21)14(10)19/h2-7H,8H2,1H3,(H,24,25,28)/b3-2+. The van der Waals surface area contributed by atoms with Crippen molar-refractivity contribution in [3.05, 3.63) is 70.9 Å². The molecule has 0 aliphatic rings. The van der Waals surface area contributed by atoms with E-state index in [1.807, 2.05) is 0 Å². The SMILES string of the molecule is Cn1cc(/C=C/C(=O)Nc2ccn(Cc3c(F)c(F)c(F)c(F)c3F)n2)cn1. The van der Waals surface area contributed by atoms with E-state index in [4.69, 9.17) is 0 Å². The van der Waals surface area contributed by atoms with Gasteiger partial charge in [0.15, 0.2) is 29.1 Å². The van der Waals surface area contributed by atoms with Crippen molar-refractivity contribution in [2.45, 2.75) is 6.54 Å². The first-order valence-corrected chi connectivity index (χ1v) is 7.77. The molecule has 0 aliphatic heterocycles. The Labute approximate surface area is 154 Å². The summed E-state index contributed by atoms with van der Waals surface area (Å²) in [4.78, 5) is 11.9. The number of aryl methyl sites for hydroxylation is 1. The summed E-state index contributed by atoms with van der Waals surface area (Å²) in [5.41, 5.74) is -0.344. The highest BCUT2D eigenvalue weighted by molar-refractivity contribution is 6.01. The highest BCUT2D eigenvalue weighted by Gasteiger charge is 2.25. The van der Waals surface area contributed by atoms with Crippen molar-refractivity contribution in [1.29, 1.82) is 0 Å². The van der Waals surface area contributed by atoms with E-state index in [1.54, 1.807) is 24.1 Å². The maximum atomic E-state index is 13.7. The van der Waals surface area contributed by atoms with E-state index < -0.39 is 47.1 Å². The third-order valence-corrected chi connectivity index (χ3v) is 3.66. The van der Waals surface area contributed by atoms with E-state index in [2.05, 4.69) is 15.5 Å². The average Bonchev–Trinajstić information content (AvgIpc) is 3.29. The van der Waals surface area contributed by atoms with E-state index in [9.17, 15) is 26.7 Å². The molecular weight excluding hydrogens is 385 g/mol. The Hall–Kier alpha value is -3.50. The number of carbonyl (C=O) groups is 1. The van der Waals surface area contributed by atoms with Crippen LogP contribution < -0.4 is 5.32 Å². The Morgan fingerprint density at radius 1 is 1.11 bits per heavy atom. The summed E-state index contributed by atoms with van der Waals surface area (Å²) in [7, 11) is 1.72. The first kappa shape index (κ1) is 19.3. The zero-order valence-corrected chi connectivity index (χ0v) is 14.3. The monoisotopic (exact) mass is 397 g/mol. The first-order valence-electron chi connectivity index (χ1n) is 7.77. The number of hydrogen-bond acceptors (Lipinski definition) is 3. The summed E-state index contributed by atoms with van der Waals surface area (Å²) in [6.07, 6.45) is 7.18. The zero-order valence-electron chi connectivity index (χ0n) is 14.3. The largest absolute Gasteiger partial charge is 0.306 e. The molecule has 1 N–H and O–H groups in total. The van der Waals surface area contributed by atoms with Crippen molar-refractivity contribution >= 4 is 17.8 Å². The molecular formula is C17H12F5N5O. The molecule has 2 heterocycles. The van der Waals surface area contributed by atoms with Gasteiger partial charge >= 0.3 is 0 Å². The Bertz CT molecular complexity index is 1040. The van der Waals surface area contributed by atoms with Gasteiger partial charge in [0, 0.05) is 37.1 Å². The minimum atomic E-state index is -2.23. The molecule has 0 atom stereocenters. The van der Waals surface area contributed by atoms with Crippen LogP contribution in [-0.2, 0) is 18.4 Å². The number of carbonyl (C=O) groups excluding carboxylic acids is 1. The number of aromatic nitrogens is 4. The highest BCUT2D eigenvalue weighted by Crippen LogP contribution is 2.23. The smallest absolute Gasteiger partial charge is 0.249 e. The van der Waals surface area contributed by atoms with Crippen LogP contribution in [0.1, 0.15) is 11.1 Å². The molecule has 11 heteroatoms. The molecule has 1 aromatic carbocycles. The van der Waals surface area contributed by atoms with Crippen LogP contribution in [0, 0.1) is 29.1 Å². The lowest BCUT2D eigenvalue weighted by Gasteiger charge is -2.08. The Morgan fingerprint density at radius 3 is 2.36 bits per heavy atom. The lowest BCUT2D eigenvalue weighted by Crippen LogP contribution is -2.12.